The second kappa shape index (κ2) is 10.4. The second-order valence-corrected chi connectivity index (χ2v) is 4.46. The van der Waals surface area contributed by atoms with Crippen LogP contribution in [0.15, 0.2) is 0 Å². The highest BCUT2D eigenvalue weighted by Gasteiger charge is 1.98. The van der Waals surface area contributed by atoms with Gasteiger partial charge in [0.05, 0.1) is 13.2 Å². The summed E-state index contributed by atoms with van der Waals surface area (Å²) in [5, 5.41) is 3.33. The smallest absolute Gasteiger partial charge is 0.0613 e. The molecule has 0 radical (unpaired) electrons. The third-order valence-electron chi connectivity index (χ3n) is 2.23. The van der Waals surface area contributed by atoms with Crippen molar-refractivity contribution in [3.05, 3.63) is 0 Å². The molecule has 0 fully saturated rings. The van der Waals surface area contributed by atoms with Crippen LogP contribution in [0.25, 0.3) is 0 Å². The lowest BCUT2D eigenvalue weighted by Crippen LogP contribution is -2.32. The maximum Gasteiger partial charge on any atom is 0.0613 e. The largest absolute Gasteiger partial charge is 0.383 e. The summed E-state index contributed by atoms with van der Waals surface area (Å²) in [7, 11) is 1.72. The van der Waals surface area contributed by atoms with Gasteiger partial charge in [-0.1, -0.05) is 13.8 Å². The van der Waals surface area contributed by atoms with Crippen LogP contribution in [0.4, 0.5) is 0 Å². The first-order valence-electron chi connectivity index (χ1n) is 5.97. The van der Waals surface area contributed by atoms with Crippen molar-refractivity contribution < 1.29 is 9.47 Å². The Bertz CT molecular complexity index is 129. The molecule has 0 amide bonds. The minimum atomic E-state index is 0.411. The van der Waals surface area contributed by atoms with Crippen LogP contribution in [0.2, 0.25) is 0 Å². The molecule has 0 aliphatic heterocycles. The molecular weight excluding hydrogens is 190 g/mol. The zero-order chi connectivity index (χ0) is 11.5. The van der Waals surface area contributed by atoms with Crippen molar-refractivity contribution in [2.24, 2.45) is 5.92 Å². The molecule has 1 N–H and O–H groups in total. The summed E-state index contributed by atoms with van der Waals surface area (Å²) in [6.07, 6.45) is 2.43. The van der Waals surface area contributed by atoms with Crippen LogP contribution >= 0.6 is 0 Å². The molecule has 0 heterocycles. The number of hydrogen-bond acceptors (Lipinski definition) is 3. The van der Waals surface area contributed by atoms with E-state index < -0.39 is 0 Å². The predicted molar refractivity (Wildman–Crippen MR) is 64.2 cm³/mol. The fourth-order valence-corrected chi connectivity index (χ4v) is 1.38. The Morgan fingerprint density at radius 3 is 2.47 bits per heavy atom. The highest BCUT2D eigenvalue weighted by Crippen LogP contribution is 2.02. The van der Waals surface area contributed by atoms with E-state index in [0.29, 0.717) is 6.04 Å². The molecule has 92 valence electrons. The molecule has 0 aromatic carbocycles. The third kappa shape index (κ3) is 11.8. The van der Waals surface area contributed by atoms with E-state index in [-0.39, 0.29) is 0 Å². The summed E-state index contributed by atoms with van der Waals surface area (Å²) >= 11 is 0. The standard InChI is InChI=1S/C12H27NO2/c1-11(2)6-5-8-15-9-7-13-12(3)10-14-4/h11-13H,5-10H2,1-4H3. The number of rotatable bonds is 10. The zero-order valence-corrected chi connectivity index (χ0v) is 10.7. The molecule has 0 aromatic rings. The Hall–Kier alpha value is -0.120. The van der Waals surface area contributed by atoms with Crippen LogP contribution in [0.1, 0.15) is 33.6 Å². The number of nitrogens with one attached hydrogen (secondary N) is 1. The highest BCUT2D eigenvalue weighted by atomic mass is 16.5. The van der Waals surface area contributed by atoms with Gasteiger partial charge >= 0.3 is 0 Å². The summed E-state index contributed by atoms with van der Waals surface area (Å²) in [6, 6.07) is 0.411. The molecule has 1 unspecified atom stereocenters. The summed E-state index contributed by atoms with van der Waals surface area (Å²) < 4.78 is 10.5. The van der Waals surface area contributed by atoms with E-state index in [1.54, 1.807) is 7.11 Å². The number of hydrogen-bond donors (Lipinski definition) is 1. The van der Waals surface area contributed by atoms with Gasteiger partial charge in [0, 0.05) is 26.3 Å². The summed E-state index contributed by atoms with van der Waals surface area (Å²) in [5.74, 6) is 0.786. The van der Waals surface area contributed by atoms with E-state index in [4.69, 9.17) is 9.47 Å². The average Bonchev–Trinajstić information content (AvgIpc) is 2.16. The van der Waals surface area contributed by atoms with Gasteiger partial charge in [-0.25, -0.2) is 0 Å². The molecule has 0 aliphatic carbocycles. The van der Waals surface area contributed by atoms with Crippen molar-refractivity contribution in [3.8, 4) is 0 Å². The van der Waals surface area contributed by atoms with E-state index in [1.807, 2.05) is 0 Å². The van der Waals surface area contributed by atoms with Gasteiger partial charge in [-0.2, -0.15) is 0 Å². The molecule has 1 atom stereocenters. The lowest BCUT2D eigenvalue weighted by atomic mass is 10.1. The third-order valence-corrected chi connectivity index (χ3v) is 2.23. The molecule has 0 aliphatic rings. The van der Waals surface area contributed by atoms with Crippen LogP contribution < -0.4 is 5.32 Å². The van der Waals surface area contributed by atoms with Gasteiger partial charge in [0.15, 0.2) is 0 Å². The van der Waals surface area contributed by atoms with Gasteiger partial charge in [0.25, 0.3) is 0 Å². The molecular formula is C12H27NO2. The predicted octanol–water partition coefficient (Wildman–Crippen LogP) is 2.06. The monoisotopic (exact) mass is 217 g/mol. The Labute approximate surface area is 94.5 Å². The van der Waals surface area contributed by atoms with Crippen molar-refractivity contribution >= 4 is 0 Å². The van der Waals surface area contributed by atoms with Gasteiger partial charge in [0.2, 0.25) is 0 Å². The Balaban J connectivity index is 3.04. The first kappa shape index (κ1) is 14.9. The lowest BCUT2D eigenvalue weighted by Gasteiger charge is -2.12. The normalized spacial score (nSPS) is 13.4. The first-order chi connectivity index (χ1) is 7.16. The molecule has 0 spiro atoms. The maximum absolute atomic E-state index is 5.51. The van der Waals surface area contributed by atoms with Crippen LogP contribution in [-0.4, -0.2) is 39.5 Å². The minimum absolute atomic E-state index is 0.411. The Morgan fingerprint density at radius 1 is 1.13 bits per heavy atom. The first-order valence-corrected chi connectivity index (χ1v) is 5.97. The van der Waals surface area contributed by atoms with Crippen molar-refractivity contribution in [3.63, 3.8) is 0 Å². The van der Waals surface area contributed by atoms with Crippen LogP contribution in [0.3, 0.4) is 0 Å². The highest BCUT2D eigenvalue weighted by molar-refractivity contribution is 4.57. The van der Waals surface area contributed by atoms with Crippen LogP contribution in [0.5, 0.6) is 0 Å². The van der Waals surface area contributed by atoms with Gasteiger partial charge in [-0.05, 0) is 25.7 Å². The number of methoxy groups -OCH3 is 1. The summed E-state index contributed by atoms with van der Waals surface area (Å²) in [5.41, 5.74) is 0. The van der Waals surface area contributed by atoms with Gasteiger partial charge < -0.3 is 14.8 Å². The molecule has 3 heteroatoms. The average molecular weight is 217 g/mol. The number of ether oxygens (including phenoxy) is 2. The molecule has 15 heavy (non-hydrogen) atoms. The fourth-order valence-electron chi connectivity index (χ4n) is 1.38. The quantitative estimate of drug-likeness (QED) is 0.568. The molecule has 3 nitrogen and oxygen atoms in total. The second-order valence-electron chi connectivity index (χ2n) is 4.46. The maximum atomic E-state index is 5.51. The summed E-state index contributed by atoms with van der Waals surface area (Å²) in [6.45, 7) is 9.95. The van der Waals surface area contributed by atoms with Crippen molar-refractivity contribution in [2.75, 3.05) is 33.5 Å². The molecule has 0 rings (SSSR count). The van der Waals surface area contributed by atoms with E-state index in [0.717, 1.165) is 32.3 Å². The topological polar surface area (TPSA) is 30.5 Å². The minimum Gasteiger partial charge on any atom is -0.383 e. The Morgan fingerprint density at radius 2 is 1.87 bits per heavy atom. The van der Waals surface area contributed by atoms with Crippen LogP contribution in [-0.2, 0) is 9.47 Å². The van der Waals surface area contributed by atoms with Crippen molar-refractivity contribution in [1.82, 2.24) is 5.32 Å². The summed E-state index contributed by atoms with van der Waals surface area (Å²) in [4.78, 5) is 0. The Kier molecular flexibility index (Phi) is 10.3. The van der Waals surface area contributed by atoms with E-state index in [9.17, 15) is 0 Å². The zero-order valence-electron chi connectivity index (χ0n) is 10.7. The SMILES string of the molecule is COCC(C)NCCOCCCC(C)C. The van der Waals surface area contributed by atoms with Gasteiger partial charge in [-0.15, -0.1) is 0 Å². The van der Waals surface area contributed by atoms with Crippen molar-refractivity contribution in [2.45, 2.75) is 39.7 Å². The molecule has 0 saturated carbocycles. The van der Waals surface area contributed by atoms with E-state index >= 15 is 0 Å². The lowest BCUT2D eigenvalue weighted by molar-refractivity contribution is 0.120. The molecule has 0 aromatic heterocycles. The molecule has 0 bridgehead atoms. The van der Waals surface area contributed by atoms with E-state index in [2.05, 4.69) is 26.1 Å². The van der Waals surface area contributed by atoms with Gasteiger partial charge in [0.1, 0.15) is 0 Å². The van der Waals surface area contributed by atoms with Crippen molar-refractivity contribution in [1.29, 1.82) is 0 Å². The fraction of sp³-hybridized carbons (Fsp3) is 1.00. The molecule has 0 saturated heterocycles. The van der Waals surface area contributed by atoms with Gasteiger partial charge in [-0.3, -0.25) is 0 Å². The van der Waals surface area contributed by atoms with E-state index in [1.165, 1.54) is 12.8 Å². The van der Waals surface area contributed by atoms with Crippen LogP contribution in [0, 0.1) is 5.92 Å².